The molecule has 1 heterocycles. The summed E-state index contributed by atoms with van der Waals surface area (Å²) in [5, 5.41) is 14.2. The molecule has 0 radical (unpaired) electrons. The molecule has 1 aromatic heterocycles. The Morgan fingerprint density at radius 2 is 2.07 bits per heavy atom. The van der Waals surface area contributed by atoms with E-state index in [4.69, 9.17) is 0 Å². The molecule has 7 nitrogen and oxygen atoms in total. The van der Waals surface area contributed by atoms with Crippen molar-refractivity contribution in [3.63, 3.8) is 0 Å². The molecule has 1 aromatic rings. The Morgan fingerprint density at radius 1 is 1.37 bits per heavy atom. The number of rotatable bonds is 9. The first-order valence-electron chi connectivity index (χ1n) is 9.74. The van der Waals surface area contributed by atoms with Crippen molar-refractivity contribution in [1.29, 1.82) is 0 Å². The summed E-state index contributed by atoms with van der Waals surface area (Å²) in [7, 11) is 1.98. The number of nitrogens with zero attached hydrogens (tertiary/aromatic N) is 3. The Morgan fingerprint density at radius 3 is 2.63 bits per heavy atom. The van der Waals surface area contributed by atoms with E-state index >= 15 is 0 Å². The first-order valence-corrected chi connectivity index (χ1v) is 9.74. The van der Waals surface area contributed by atoms with Crippen LogP contribution in [0.25, 0.3) is 0 Å². The van der Waals surface area contributed by atoms with Gasteiger partial charge in [-0.3, -0.25) is 14.5 Å². The van der Waals surface area contributed by atoms with Gasteiger partial charge in [-0.05, 0) is 58.9 Å². The van der Waals surface area contributed by atoms with E-state index in [1.54, 1.807) is 0 Å². The summed E-state index contributed by atoms with van der Waals surface area (Å²) in [5.74, 6) is 0.957. The highest BCUT2D eigenvalue weighted by molar-refractivity contribution is 14.0. The normalized spacial score (nSPS) is 15.1. The van der Waals surface area contributed by atoms with Crippen LogP contribution in [-0.4, -0.2) is 46.8 Å². The highest BCUT2D eigenvalue weighted by Crippen LogP contribution is 2.18. The summed E-state index contributed by atoms with van der Waals surface area (Å²) < 4.78 is 1.93. The molecule has 0 saturated heterocycles. The molecule has 3 N–H and O–H groups in total. The Hall–Kier alpha value is -1.32. The molecular formula is C19H35IN6O. The summed E-state index contributed by atoms with van der Waals surface area (Å²) in [6, 6.07) is 0.679. The second-order valence-electron chi connectivity index (χ2n) is 7.23. The predicted molar refractivity (Wildman–Crippen MR) is 121 cm³/mol. The molecule has 1 aliphatic rings. The predicted octanol–water partition coefficient (Wildman–Crippen LogP) is 2.20. The summed E-state index contributed by atoms with van der Waals surface area (Å²) in [6.07, 6.45) is 4.48. The minimum absolute atomic E-state index is 0. The Kier molecular flexibility index (Phi) is 10.1. The standard InChI is InChI=1S/C19H34N6O.HI/c1-6-20-19(21-11-7-8-18(26)23-16-9-10-16)22-13(2)12-17-14(3)24-25(5)15(17)4;/h13,16H,6-12H2,1-5H3,(H,23,26)(H2,20,21,22);1H. The molecule has 1 aliphatic carbocycles. The van der Waals surface area contributed by atoms with Gasteiger partial charge in [0.25, 0.3) is 0 Å². The number of carbonyl (C=O) groups excluding carboxylic acids is 1. The monoisotopic (exact) mass is 490 g/mol. The van der Waals surface area contributed by atoms with Crippen LogP contribution < -0.4 is 16.0 Å². The van der Waals surface area contributed by atoms with Crippen LogP contribution in [0, 0.1) is 13.8 Å². The molecule has 8 heteroatoms. The highest BCUT2D eigenvalue weighted by Gasteiger charge is 2.22. The lowest BCUT2D eigenvalue weighted by Crippen LogP contribution is -2.43. The second kappa shape index (κ2) is 11.5. The smallest absolute Gasteiger partial charge is 0.220 e. The molecule has 27 heavy (non-hydrogen) atoms. The van der Waals surface area contributed by atoms with Crippen molar-refractivity contribution in [2.24, 2.45) is 12.0 Å². The Labute approximate surface area is 180 Å². The van der Waals surface area contributed by atoms with Gasteiger partial charge in [-0.2, -0.15) is 5.10 Å². The number of carbonyl (C=O) groups is 1. The summed E-state index contributed by atoms with van der Waals surface area (Å²) in [5.41, 5.74) is 3.59. The van der Waals surface area contributed by atoms with E-state index in [0.29, 0.717) is 19.0 Å². The Bertz CT molecular complexity index is 638. The molecule has 1 amide bonds. The number of hydrogen-bond acceptors (Lipinski definition) is 3. The zero-order valence-corrected chi connectivity index (χ0v) is 19.6. The maximum absolute atomic E-state index is 11.7. The average molecular weight is 490 g/mol. The molecule has 0 spiro atoms. The SMILES string of the molecule is CCNC(=NCCCC(=O)NC1CC1)NC(C)Cc1c(C)nn(C)c1C.I. The minimum atomic E-state index is 0. The molecule has 0 bridgehead atoms. The Balaban J connectivity index is 0.00000364. The fraction of sp³-hybridized carbons (Fsp3) is 0.737. The van der Waals surface area contributed by atoms with Crippen LogP contribution in [0.2, 0.25) is 0 Å². The van der Waals surface area contributed by atoms with Gasteiger partial charge < -0.3 is 16.0 Å². The lowest BCUT2D eigenvalue weighted by Gasteiger charge is -2.18. The van der Waals surface area contributed by atoms with Crippen molar-refractivity contribution >= 4 is 35.8 Å². The van der Waals surface area contributed by atoms with Crippen molar-refractivity contribution in [3.8, 4) is 0 Å². The van der Waals surface area contributed by atoms with Gasteiger partial charge in [0.05, 0.1) is 5.69 Å². The molecule has 154 valence electrons. The van der Waals surface area contributed by atoms with Gasteiger partial charge in [0, 0.05) is 44.3 Å². The van der Waals surface area contributed by atoms with Gasteiger partial charge in [-0.15, -0.1) is 24.0 Å². The van der Waals surface area contributed by atoms with Gasteiger partial charge in [0.2, 0.25) is 5.91 Å². The largest absolute Gasteiger partial charge is 0.357 e. The van der Waals surface area contributed by atoms with Gasteiger partial charge in [-0.25, -0.2) is 0 Å². The lowest BCUT2D eigenvalue weighted by atomic mass is 10.1. The summed E-state index contributed by atoms with van der Waals surface area (Å²) in [4.78, 5) is 16.3. The molecular weight excluding hydrogens is 455 g/mol. The fourth-order valence-electron chi connectivity index (χ4n) is 2.98. The molecule has 1 unspecified atom stereocenters. The minimum Gasteiger partial charge on any atom is -0.357 e. The number of nitrogens with one attached hydrogen (secondary N) is 3. The van der Waals surface area contributed by atoms with Crippen LogP contribution in [0.15, 0.2) is 4.99 Å². The van der Waals surface area contributed by atoms with E-state index in [0.717, 1.165) is 43.9 Å². The van der Waals surface area contributed by atoms with Crippen molar-refractivity contribution < 1.29 is 4.79 Å². The number of aromatic nitrogens is 2. The fourth-order valence-corrected chi connectivity index (χ4v) is 2.98. The van der Waals surface area contributed by atoms with Crippen LogP contribution in [0.5, 0.6) is 0 Å². The van der Waals surface area contributed by atoms with E-state index in [2.05, 4.69) is 53.7 Å². The van der Waals surface area contributed by atoms with E-state index in [1.807, 2.05) is 11.7 Å². The zero-order valence-electron chi connectivity index (χ0n) is 17.3. The third kappa shape index (κ3) is 8.06. The number of halogens is 1. The van der Waals surface area contributed by atoms with E-state index in [1.165, 1.54) is 11.3 Å². The van der Waals surface area contributed by atoms with Crippen molar-refractivity contribution in [2.45, 2.75) is 71.9 Å². The quantitative estimate of drug-likeness (QED) is 0.215. The first-order chi connectivity index (χ1) is 12.4. The number of amides is 1. The summed E-state index contributed by atoms with van der Waals surface area (Å²) in [6.45, 7) is 9.83. The highest BCUT2D eigenvalue weighted by atomic mass is 127. The average Bonchev–Trinajstić information content (AvgIpc) is 3.35. The maximum atomic E-state index is 11.7. The van der Waals surface area contributed by atoms with Crippen LogP contribution in [-0.2, 0) is 18.3 Å². The summed E-state index contributed by atoms with van der Waals surface area (Å²) >= 11 is 0. The van der Waals surface area contributed by atoms with Crippen LogP contribution in [0.4, 0.5) is 0 Å². The number of aliphatic imine (C=N–C) groups is 1. The van der Waals surface area contributed by atoms with Gasteiger partial charge >= 0.3 is 0 Å². The van der Waals surface area contributed by atoms with Crippen molar-refractivity contribution in [3.05, 3.63) is 17.0 Å². The first kappa shape index (κ1) is 23.7. The number of guanidine groups is 1. The number of hydrogen-bond donors (Lipinski definition) is 3. The molecule has 1 atom stereocenters. The molecule has 0 aromatic carbocycles. The molecule has 1 saturated carbocycles. The van der Waals surface area contributed by atoms with Gasteiger partial charge in [0.1, 0.15) is 0 Å². The lowest BCUT2D eigenvalue weighted by molar-refractivity contribution is -0.121. The molecule has 0 aliphatic heterocycles. The van der Waals surface area contributed by atoms with Crippen LogP contribution >= 0.6 is 24.0 Å². The van der Waals surface area contributed by atoms with Crippen molar-refractivity contribution in [1.82, 2.24) is 25.7 Å². The van der Waals surface area contributed by atoms with E-state index < -0.39 is 0 Å². The van der Waals surface area contributed by atoms with Gasteiger partial charge in [0.15, 0.2) is 5.96 Å². The van der Waals surface area contributed by atoms with Crippen LogP contribution in [0.1, 0.15) is 56.5 Å². The van der Waals surface area contributed by atoms with Gasteiger partial charge in [-0.1, -0.05) is 0 Å². The topological polar surface area (TPSA) is 83.3 Å². The zero-order chi connectivity index (χ0) is 19.1. The van der Waals surface area contributed by atoms with E-state index in [-0.39, 0.29) is 35.9 Å². The third-order valence-corrected chi connectivity index (χ3v) is 4.67. The maximum Gasteiger partial charge on any atom is 0.220 e. The van der Waals surface area contributed by atoms with Crippen molar-refractivity contribution in [2.75, 3.05) is 13.1 Å². The third-order valence-electron chi connectivity index (χ3n) is 4.67. The molecule has 1 fully saturated rings. The number of aryl methyl sites for hydroxylation is 2. The molecule has 2 rings (SSSR count). The van der Waals surface area contributed by atoms with Crippen LogP contribution in [0.3, 0.4) is 0 Å². The second-order valence-corrected chi connectivity index (χ2v) is 7.23. The van der Waals surface area contributed by atoms with E-state index in [9.17, 15) is 4.79 Å².